The maximum Gasteiger partial charge on any atom is 0.334 e. The standard InChI is InChI=1S/C20H28O8/c1-6-8(2)16(22)26-10-7-18(4,24)20(25)13(19(5)15(28-19)14(20)21)12-11(10)9(3)17(23)27-12/h8,10-15,21,24-25H,3,6-7H2,1-2,4-5H3/t8-,10+,11-,12+,13+,14+,15-,18-,19+,20+/m1/s1. The van der Waals surface area contributed by atoms with Crippen molar-refractivity contribution in [3.05, 3.63) is 12.2 Å². The fourth-order valence-electron chi connectivity index (χ4n) is 5.50. The molecule has 2 saturated carbocycles. The lowest BCUT2D eigenvalue weighted by Gasteiger charge is -2.46. The first-order valence-electron chi connectivity index (χ1n) is 9.81. The number of aliphatic hydroxyl groups is 3. The van der Waals surface area contributed by atoms with E-state index in [1.165, 1.54) is 6.92 Å². The van der Waals surface area contributed by atoms with Crippen molar-refractivity contribution in [3.8, 4) is 0 Å². The first-order valence-corrected chi connectivity index (χ1v) is 9.81. The molecule has 2 heterocycles. The van der Waals surface area contributed by atoms with Gasteiger partial charge in [0.05, 0.1) is 23.4 Å². The zero-order valence-electron chi connectivity index (χ0n) is 16.5. The number of carbonyl (C=O) groups excluding carboxylic acids is 2. The molecule has 0 spiro atoms. The summed E-state index contributed by atoms with van der Waals surface area (Å²) in [7, 11) is 0. The lowest BCUT2D eigenvalue weighted by Crippen LogP contribution is -2.65. The number of ether oxygens (including phenoxy) is 3. The number of esters is 2. The van der Waals surface area contributed by atoms with E-state index in [2.05, 4.69) is 6.58 Å². The van der Waals surface area contributed by atoms with Crippen LogP contribution in [0.5, 0.6) is 0 Å². The molecular weight excluding hydrogens is 368 g/mol. The van der Waals surface area contributed by atoms with Crippen LogP contribution < -0.4 is 0 Å². The van der Waals surface area contributed by atoms with Crippen LogP contribution in [0.3, 0.4) is 0 Å². The molecule has 0 aromatic rings. The van der Waals surface area contributed by atoms with E-state index in [1.54, 1.807) is 13.8 Å². The van der Waals surface area contributed by atoms with E-state index in [1.807, 2.05) is 6.92 Å². The summed E-state index contributed by atoms with van der Waals surface area (Å²) in [5, 5.41) is 33.6. The summed E-state index contributed by atoms with van der Waals surface area (Å²) < 4.78 is 16.9. The van der Waals surface area contributed by atoms with Crippen molar-refractivity contribution in [2.24, 2.45) is 17.8 Å². The normalized spacial score (nSPS) is 52.8. The first-order chi connectivity index (χ1) is 12.9. The number of hydrogen-bond donors (Lipinski definition) is 3. The Balaban J connectivity index is 1.79. The molecule has 28 heavy (non-hydrogen) atoms. The largest absolute Gasteiger partial charge is 0.461 e. The van der Waals surface area contributed by atoms with Gasteiger partial charge in [-0.15, -0.1) is 0 Å². The van der Waals surface area contributed by atoms with Gasteiger partial charge in [-0.3, -0.25) is 4.79 Å². The molecule has 0 aromatic heterocycles. The minimum atomic E-state index is -1.99. The van der Waals surface area contributed by atoms with E-state index in [4.69, 9.17) is 14.2 Å². The maximum absolute atomic E-state index is 12.5. The highest BCUT2D eigenvalue weighted by molar-refractivity contribution is 5.91. The summed E-state index contributed by atoms with van der Waals surface area (Å²) >= 11 is 0. The molecule has 4 aliphatic rings. The number of hydrogen-bond acceptors (Lipinski definition) is 8. The highest BCUT2D eigenvalue weighted by Crippen LogP contribution is 2.66. The van der Waals surface area contributed by atoms with Crippen LogP contribution in [-0.4, -0.2) is 68.5 Å². The molecule has 0 amide bonds. The molecule has 4 fully saturated rings. The van der Waals surface area contributed by atoms with Crippen molar-refractivity contribution in [2.45, 2.75) is 81.8 Å². The molecule has 2 saturated heterocycles. The van der Waals surface area contributed by atoms with E-state index in [-0.39, 0.29) is 17.9 Å². The molecule has 0 unspecified atom stereocenters. The summed E-state index contributed by atoms with van der Waals surface area (Å²) in [6.45, 7) is 10.5. The van der Waals surface area contributed by atoms with Gasteiger partial charge < -0.3 is 29.5 Å². The van der Waals surface area contributed by atoms with E-state index < -0.39 is 65.0 Å². The van der Waals surface area contributed by atoms with Gasteiger partial charge in [-0.25, -0.2) is 4.79 Å². The van der Waals surface area contributed by atoms with Gasteiger partial charge in [0.25, 0.3) is 0 Å². The summed E-state index contributed by atoms with van der Waals surface area (Å²) in [5.74, 6) is -3.08. The van der Waals surface area contributed by atoms with Gasteiger partial charge in [0.15, 0.2) is 0 Å². The van der Waals surface area contributed by atoms with Crippen molar-refractivity contribution in [2.75, 3.05) is 0 Å². The minimum absolute atomic E-state index is 0.134. The highest BCUT2D eigenvalue weighted by atomic mass is 16.6. The fraction of sp³-hybridized carbons (Fsp3) is 0.800. The Morgan fingerprint density at radius 2 is 2.04 bits per heavy atom. The van der Waals surface area contributed by atoms with Crippen LogP contribution in [0, 0.1) is 17.8 Å². The van der Waals surface area contributed by atoms with Crippen LogP contribution in [0.1, 0.15) is 40.5 Å². The lowest BCUT2D eigenvalue weighted by molar-refractivity contribution is -0.240. The summed E-state index contributed by atoms with van der Waals surface area (Å²) in [4.78, 5) is 24.8. The second-order valence-electron chi connectivity index (χ2n) is 9.15. The monoisotopic (exact) mass is 396 g/mol. The lowest BCUT2D eigenvalue weighted by atomic mass is 9.70. The van der Waals surface area contributed by atoms with Crippen molar-refractivity contribution in [3.63, 3.8) is 0 Å². The van der Waals surface area contributed by atoms with Gasteiger partial charge in [0, 0.05) is 12.0 Å². The van der Waals surface area contributed by atoms with Crippen LogP contribution in [0.25, 0.3) is 0 Å². The van der Waals surface area contributed by atoms with Crippen molar-refractivity contribution in [1.82, 2.24) is 0 Å². The van der Waals surface area contributed by atoms with Crippen LogP contribution in [0.15, 0.2) is 12.2 Å². The van der Waals surface area contributed by atoms with Gasteiger partial charge in [-0.2, -0.15) is 0 Å². The second kappa shape index (κ2) is 5.78. The Morgan fingerprint density at radius 3 is 2.64 bits per heavy atom. The molecule has 0 bridgehead atoms. The zero-order valence-corrected chi connectivity index (χ0v) is 16.5. The summed E-state index contributed by atoms with van der Waals surface area (Å²) in [6, 6.07) is 0. The summed E-state index contributed by atoms with van der Waals surface area (Å²) in [5.41, 5.74) is -4.62. The molecule has 2 aliphatic heterocycles. The molecule has 4 rings (SSSR count). The van der Waals surface area contributed by atoms with Crippen LogP contribution >= 0.6 is 0 Å². The molecule has 3 N–H and O–H groups in total. The van der Waals surface area contributed by atoms with Crippen LogP contribution in [0.4, 0.5) is 0 Å². The molecule has 156 valence electrons. The van der Waals surface area contributed by atoms with E-state index in [9.17, 15) is 24.9 Å². The molecular formula is C20H28O8. The van der Waals surface area contributed by atoms with Crippen molar-refractivity contribution in [1.29, 1.82) is 0 Å². The number of fused-ring (bicyclic) bond motifs is 5. The number of rotatable bonds is 3. The third-order valence-corrected chi connectivity index (χ3v) is 7.45. The Morgan fingerprint density at radius 1 is 1.39 bits per heavy atom. The number of epoxide rings is 1. The number of aliphatic hydroxyl groups excluding tert-OH is 1. The molecule has 8 heteroatoms. The highest BCUT2D eigenvalue weighted by Gasteiger charge is 2.84. The Kier molecular flexibility index (Phi) is 4.09. The smallest absolute Gasteiger partial charge is 0.334 e. The topological polar surface area (TPSA) is 126 Å². The fourth-order valence-corrected chi connectivity index (χ4v) is 5.50. The number of carbonyl (C=O) groups is 2. The van der Waals surface area contributed by atoms with Gasteiger partial charge in [0.2, 0.25) is 0 Å². The Labute approximate surface area is 163 Å². The minimum Gasteiger partial charge on any atom is -0.461 e. The third kappa shape index (κ3) is 2.26. The van der Waals surface area contributed by atoms with E-state index in [0.717, 1.165) is 0 Å². The average Bonchev–Trinajstić information content (AvgIpc) is 3.17. The molecule has 2 aliphatic carbocycles. The van der Waals surface area contributed by atoms with Gasteiger partial charge in [-0.05, 0) is 20.3 Å². The van der Waals surface area contributed by atoms with Crippen molar-refractivity contribution >= 4 is 11.9 Å². The average molecular weight is 396 g/mol. The molecule has 0 aromatic carbocycles. The van der Waals surface area contributed by atoms with Crippen molar-refractivity contribution < 1.29 is 39.1 Å². The SMILES string of the molecule is C=C1C(=O)O[C@H]2[C@H]1[C@@H](OC(=O)[C@H](C)CC)C[C@@](C)(O)[C@@]1(O)[C@@H](O)[C@H]3O[C@@]3(C)[C@H]21. The van der Waals surface area contributed by atoms with Crippen LogP contribution in [0.2, 0.25) is 0 Å². The summed E-state index contributed by atoms with van der Waals surface area (Å²) in [6.07, 6.45) is -3.48. The quantitative estimate of drug-likeness (QED) is 0.348. The van der Waals surface area contributed by atoms with Gasteiger partial charge in [0.1, 0.15) is 35.6 Å². The maximum atomic E-state index is 12.5. The molecule has 8 nitrogen and oxygen atoms in total. The van der Waals surface area contributed by atoms with Gasteiger partial charge in [-0.1, -0.05) is 20.4 Å². The Bertz CT molecular complexity index is 746. The zero-order chi connectivity index (χ0) is 20.8. The third-order valence-electron chi connectivity index (χ3n) is 7.45. The predicted octanol–water partition coefficient (Wildman–Crippen LogP) is 0.0761. The van der Waals surface area contributed by atoms with Gasteiger partial charge >= 0.3 is 11.9 Å². The second-order valence-corrected chi connectivity index (χ2v) is 9.15. The Hall–Kier alpha value is -1.48. The predicted molar refractivity (Wildman–Crippen MR) is 94.8 cm³/mol. The first kappa shape index (κ1) is 19.8. The molecule has 10 atom stereocenters. The molecule has 0 radical (unpaired) electrons. The van der Waals surface area contributed by atoms with E-state index in [0.29, 0.717) is 6.42 Å². The van der Waals surface area contributed by atoms with E-state index >= 15 is 0 Å². The van der Waals surface area contributed by atoms with Crippen LogP contribution in [-0.2, 0) is 23.8 Å².